The zero-order chi connectivity index (χ0) is 13.1. The molecule has 2 rings (SSSR count). The summed E-state index contributed by atoms with van der Waals surface area (Å²) in [5.41, 5.74) is 1.59. The Morgan fingerprint density at radius 2 is 1.78 bits per heavy atom. The molecule has 0 aliphatic rings. The average Bonchev–Trinajstić information content (AvgIpc) is 2.34. The predicted octanol–water partition coefficient (Wildman–Crippen LogP) is 5.51. The molecule has 1 N–H and O–H groups in total. The molecule has 0 saturated carbocycles. The molecule has 0 heterocycles. The SMILES string of the molecule is Fc1cc(NCc2cc(Br)ccc2Cl)ccc1Cl. The Bertz CT molecular complexity index is 575. The highest BCUT2D eigenvalue weighted by Gasteiger charge is 2.03. The monoisotopic (exact) mass is 347 g/mol. The molecule has 0 bridgehead atoms. The maximum absolute atomic E-state index is 13.2. The first-order chi connectivity index (χ1) is 8.56. The molecule has 2 aromatic carbocycles. The van der Waals surface area contributed by atoms with Crippen molar-refractivity contribution in [3.8, 4) is 0 Å². The highest BCUT2D eigenvalue weighted by Crippen LogP contribution is 2.23. The molecule has 94 valence electrons. The van der Waals surface area contributed by atoms with E-state index >= 15 is 0 Å². The van der Waals surface area contributed by atoms with Crippen LogP contribution in [-0.4, -0.2) is 0 Å². The molecule has 0 aliphatic carbocycles. The summed E-state index contributed by atoms with van der Waals surface area (Å²) in [5, 5.41) is 3.87. The van der Waals surface area contributed by atoms with Crippen molar-refractivity contribution in [2.75, 3.05) is 5.32 Å². The van der Waals surface area contributed by atoms with Gasteiger partial charge in [-0.25, -0.2) is 4.39 Å². The summed E-state index contributed by atoms with van der Waals surface area (Å²) in [6.45, 7) is 0.513. The first-order valence-corrected chi connectivity index (χ1v) is 6.74. The van der Waals surface area contributed by atoms with Crippen molar-refractivity contribution < 1.29 is 4.39 Å². The van der Waals surface area contributed by atoms with E-state index in [1.165, 1.54) is 12.1 Å². The molecule has 0 aromatic heterocycles. The molecule has 2 aromatic rings. The second-order valence-corrected chi connectivity index (χ2v) is 5.45. The fraction of sp³-hybridized carbons (Fsp3) is 0.0769. The average molecular weight is 349 g/mol. The molecule has 0 fully saturated rings. The van der Waals surface area contributed by atoms with E-state index in [1.54, 1.807) is 6.07 Å². The van der Waals surface area contributed by atoms with E-state index in [2.05, 4.69) is 21.2 Å². The van der Waals surface area contributed by atoms with E-state index in [0.717, 1.165) is 10.0 Å². The third-order valence-electron chi connectivity index (χ3n) is 2.41. The van der Waals surface area contributed by atoms with Gasteiger partial charge in [0.05, 0.1) is 5.02 Å². The first-order valence-electron chi connectivity index (χ1n) is 5.19. The van der Waals surface area contributed by atoms with E-state index < -0.39 is 5.82 Å². The highest BCUT2D eigenvalue weighted by atomic mass is 79.9. The van der Waals surface area contributed by atoms with Crippen LogP contribution in [0.3, 0.4) is 0 Å². The number of benzene rings is 2. The summed E-state index contributed by atoms with van der Waals surface area (Å²) in [6, 6.07) is 10.2. The van der Waals surface area contributed by atoms with Gasteiger partial charge in [0.15, 0.2) is 0 Å². The molecule has 0 unspecified atom stereocenters. The smallest absolute Gasteiger partial charge is 0.143 e. The Hall–Kier alpha value is -0.770. The van der Waals surface area contributed by atoms with Crippen LogP contribution in [0.25, 0.3) is 0 Å². The number of nitrogens with one attached hydrogen (secondary N) is 1. The number of anilines is 1. The van der Waals surface area contributed by atoms with E-state index in [4.69, 9.17) is 23.2 Å². The molecular formula is C13H9BrCl2FN. The fourth-order valence-electron chi connectivity index (χ4n) is 1.48. The Morgan fingerprint density at radius 3 is 2.50 bits per heavy atom. The molecule has 0 radical (unpaired) electrons. The molecule has 0 atom stereocenters. The van der Waals surface area contributed by atoms with E-state index in [0.29, 0.717) is 17.3 Å². The van der Waals surface area contributed by atoms with Gasteiger partial charge < -0.3 is 5.32 Å². The van der Waals surface area contributed by atoms with Crippen molar-refractivity contribution in [2.45, 2.75) is 6.54 Å². The lowest BCUT2D eigenvalue weighted by molar-refractivity contribution is 0.628. The second kappa shape index (κ2) is 5.91. The molecule has 1 nitrogen and oxygen atoms in total. The molecule has 0 spiro atoms. The molecule has 0 saturated heterocycles. The molecule has 0 amide bonds. The van der Waals surface area contributed by atoms with E-state index in [1.807, 2.05) is 18.2 Å². The summed E-state index contributed by atoms with van der Waals surface area (Å²) in [5.74, 6) is -0.443. The number of halogens is 4. The normalized spacial score (nSPS) is 10.4. The minimum absolute atomic E-state index is 0.112. The van der Waals surface area contributed by atoms with Crippen LogP contribution in [0.15, 0.2) is 40.9 Å². The van der Waals surface area contributed by atoms with Crippen molar-refractivity contribution in [3.05, 3.63) is 62.3 Å². The molecule has 18 heavy (non-hydrogen) atoms. The maximum Gasteiger partial charge on any atom is 0.143 e. The third kappa shape index (κ3) is 3.37. The van der Waals surface area contributed by atoms with Gasteiger partial charge in [0, 0.05) is 21.7 Å². The quantitative estimate of drug-likeness (QED) is 0.771. The molecule has 5 heteroatoms. The third-order valence-corrected chi connectivity index (χ3v) is 3.58. The fourth-order valence-corrected chi connectivity index (χ4v) is 2.19. The van der Waals surface area contributed by atoms with Gasteiger partial charge in [-0.3, -0.25) is 0 Å². The predicted molar refractivity (Wildman–Crippen MR) is 77.9 cm³/mol. The van der Waals surface area contributed by atoms with Gasteiger partial charge in [-0.15, -0.1) is 0 Å². The zero-order valence-corrected chi connectivity index (χ0v) is 12.3. The van der Waals surface area contributed by atoms with Crippen LogP contribution in [0.1, 0.15) is 5.56 Å². The number of hydrogen-bond acceptors (Lipinski definition) is 1. The van der Waals surface area contributed by atoms with Gasteiger partial charge in [0.1, 0.15) is 5.82 Å². The largest absolute Gasteiger partial charge is 0.381 e. The second-order valence-electron chi connectivity index (χ2n) is 3.72. The van der Waals surface area contributed by atoms with Gasteiger partial charge >= 0.3 is 0 Å². The van der Waals surface area contributed by atoms with Crippen molar-refractivity contribution in [1.29, 1.82) is 0 Å². The Morgan fingerprint density at radius 1 is 1.06 bits per heavy atom. The van der Waals surface area contributed by atoms with Crippen molar-refractivity contribution in [1.82, 2.24) is 0 Å². The lowest BCUT2D eigenvalue weighted by atomic mass is 10.2. The number of rotatable bonds is 3. The van der Waals surface area contributed by atoms with E-state index in [9.17, 15) is 4.39 Å². The Kier molecular flexibility index (Phi) is 4.49. The standard InChI is InChI=1S/C13H9BrCl2FN/c14-9-1-3-11(15)8(5-9)7-18-10-2-4-12(16)13(17)6-10/h1-6,18H,7H2. The highest BCUT2D eigenvalue weighted by molar-refractivity contribution is 9.10. The first kappa shape index (κ1) is 13.7. The van der Waals surface area contributed by atoms with Crippen LogP contribution >= 0.6 is 39.1 Å². The van der Waals surface area contributed by atoms with Crippen LogP contribution < -0.4 is 5.32 Å². The number of hydrogen-bond donors (Lipinski definition) is 1. The maximum atomic E-state index is 13.2. The van der Waals surface area contributed by atoms with Crippen LogP contribution in [0, 0.1) is 5.82 Å². The summed E-state index contributed by atoms with van der Waals surface area (Å²) in [6.07, 6.45) is 0. The van der Waals surface area contributed by atoms with Gasteiger partial charge in [0.2, 0.25) is 0 Å². The minimum atomic E-state index is -0.443. The molecule has 0 aliphatic heterocycles. The van der Waals surface area contributed by atoms with Crippen molar-refractivity contribution in [2.24, 2.45) is 0 Å². The zero-order valence-electron chi connectivity index (χ0n) is 9.18. The minimum Gasteiger partial charge on any atom is -0.381 e. The van der Waals surface area contributed by atoms with Gasteiger partial charge in [0.25, 0.3) is 0 Å². The van der Waals surface area contributed by atoms with Crippen LogP contribution in [0.2, 0.25) is 10.0 Å². The summed E-state index contributed by atoms with van der Waals surface area (Å²) >= 11 is 15.1. The van der Waals surface area contributed by atoms with Crippen LogP contribution in [0.5, 0.6) is 0 Å². The lowest BCUT2D eigenvalue weighted by Gasteiger charge is -2.09. The van der Waals surface area contributed by atoms with Crippen LogP contribution in [0.4, 0.5) is 10.1 Å². The summed E-state index contributed by atoms with van der Waals surface area (Å²) < 4.78 is 14.2. The van der Waals surface area contributed by atoms with Crippen molar-refractivity contribution >= 4 is 44.8 Å². The lowest BCUT2D eigenvalue weighted by Crippen LogP contribution is -2.00. The van der Waals surface area contributed by atoms with Crippen LogP contribution in [-0.2, 0) is 6.54 Å². The Labute approximate surface area is 123 Å². The molecular weight excluding hydrogens is 340 g/mol. The summed E-state index contributed by atoms with van der Waals surface area (Å²) in [7, 11) is 0. The van der Waals surface area contributed by atoms with Crippen molar-refractivity contribution in [3.63, 3.8) is 0 Å². The Balaban J connectivity index is 2.11. The topological polar surface area (TPSA) is 12.0 Å². The van der Waals surface area contributed by atoms with Gasteiger partial charge in [-0.05, 0) is 42.0 Å². The van der Waals surface area contributed by atoms with Gasteiger partial charge in [-0.2, -0.15) is 0 Å². The van der Waals surface area contributed by atoms with Gasteiger partial charge in [-0.1, -0.05) is 39.1 Å². The van der Waals surface area contributed by atoms with E-state index in [-0.39, 0.29) is 5.02 Å². The summed E-state index contributed by atoms with van der Waals surface area (Å²) in [4.78, 5) is 0.